The predicted molar refractivity (Wildman–Crippen MR) is 39.6 cm³/mol. The molecule has 0 fully saturated rings. The summed E-state index contributed by atoms with van der Waals surface area (Å²) in [6.07, 6.45) is 3.84. The van der Waals surface area contributed by atoms with E-state index in [1.807, 2.05) is 26.0 Å². The Morgan fingerprint density at radius 1 is 1.33 bits per heavy atom. The lowest BCUT2D eigenvalue weighted by atomic mass is 10.2. The van der Waals surface area contributed by atoms with Crippen LogP contribution in [0.25, 0.3) is 0 Å². The van der Waals surface area contributed by atoms with E-state index in [2.05, 4.69) is 5.43 Å². The first-order valence-corrected chi connectivity index (χ1v) is 3.07. The monoisotopic (exact) mass is 129 g/mol. The third-order valence-corrected chi connectivity index (χ3v) is 0.966. The average molecular weight is 129 g/mol. The van der Waals surface area contributed by atoms with Gasteiger partial charge in [-0.3, -0.25) is 11.3 Å². The fourth-order valence-electron chi connectivity index (χ4n) is 0.397. The molecule has 5 N–H and O–H groups in total. The minimum atomic E-state index is 0.112. The van der Waals surface area contributed by atoms with Gasteiger partial charge in [-0.25, -0.2) is 0 Å². The van der Waals surface area contributed by atoms with Crippen molar-refractivity contribution >= 4 is 0 Å². The van der Waals surface area contributed by atoms with Crippen LogP contribution in [0, 0.1) is 0 Å². The van der Waals surface area contributed by atoms with Crippen molar-refractivity contribution in [1.29, 1.82) is 0 Å². The fraction of sp³-hybridized carbons (Fsp3) is 0.667. The van der Waals surface area contributed by atoms with E-state index in [0.29, 0.717) is 0 Å². The summed E-state index contributed by atoms with van der Waals surface area (Å²) in [5, 5.41) is 0. The molecular weight excluding hydrogens is 114 g/mol. The van der Waals surface area contributed by atoms with Gasteiger partial charge in [-0.15, -0.1) is 0 Å². The Labute approximate surface area is 56.1 Å². The van der Waals surface area contributed by atoms with Crippen molar-refractivity contribution in [1.82, 2.24) is 5.43 Å². The Kier molecular flexibility index (Phi) is 4.30. The maximum atomic E-state index is 5.44. The lowest BCUT2D eigenvalue weighted by Crippen LogP contribution is -2.31. The molecule has 0 saturated carbocycles. The van der Waals surface area contributed by atoms with Crippen molar-refractivity contribution in [2.45, 2.75) is 25.9 Å². The number of nitrogens with one attached hydrogen (secondary N) is 1. The van der Waals surface area contributed by atoms with Gasteiger partial charge in [0.05, 0.1) is 0 Å². The lowest BCUT2D eigenvalue weighted by molar-refractivity contribution is 0.665. The smallest absolute Gasteiger partial charge is 0.0362 e. The molecule has 0 aliphatic rings. The molecule has 0 spiro atoms. The number of nitrogens with two attached hydrogens (primary N) is 2. The van der Waals surface area contributed by atoms with Crippen LogP contribution in [0.2, 0.25) is 0 Å². The van der Waals surface area contributed by atoms with Crippen LogP contribution in [-0.2, 0) is 0 Å². The Bertz CT molecular complexity index is 88.3. The van der Waals surface area contributed by atoms with E-state index >= 15 is 0 Å². The van der Waals surface area contributed by atoms with Gasteiger partial charge in [0.2, 0.25) is 0 Å². The summed E-state index contributed by atoms with van der Waals surface area (Å²) in [6.45, 7) is 3.87. The van der Waals surface area contributed by atoms with Gasteiger partial charge in [0.15, 0.2) is 0 Å². The quantitative estimate of drug-likeness (QED) is 0.279. The summed E-state index contributed by atoms with van der Waals surface area (Å²) in [5.41, 5.74) is 8.02. The Hall–Kier alpha value is -0.380. The van der Waals surface area contributed by atoms with Crippen LogP contribution < -0.4 is 17.0 Å². The molecule has 9 heavy (non-hydrogen) atoms. The highest BCUT2D eigenvalue weighted by Crippen LogP contribution is 1.83. The normalized spacial score (nSPS) is 18.2. The molecule has 0 aromatic heterocycles. The topological polar surface area (TPSA) is 64.1 Å². The van der Waals surface area contributed by atoms with Gasteiger partial charge in [-0.2, -0.15) is 0 Å². The second kappa shape index (κ2) is 4.49. The van der Waals surface area contributed by atoms with Gasteiger partial charge < -0.3 is 5.73 Å². The molecule has 2 atom stereocenters. The maximum Gasteiger partial charge on any atom is 0.0362 e. The maximum absolute atomic E-state index is 5.44. The third-order valence-electron chi connectivity index (χ3n) is 0.966. The Morgan fingerprint density at radius 3 is 2.22 bits per heavy atom. The third kappa shape index (κ3) is 5.49. The summed E-state index contributed by atoms with van der Waals surface area (Å²) < 4.78 is 0. The van der Waals surface area contributed by atoms with Crippen molar-refractivity contribution < 1.29 is 0 Å². The first-order valence-electron chi connectivity index (χ1n) is 3.07. The van der Waals surface area contributed by atoms with E-state index < -0.39 is 0 Å². The standard InChI is InChI=1S/C6H15N3/c1-5(7)3-4-6(2)9-8/h3-6,9H,7-8H2,1-2H3/b4-3-. The molecule has 0 amide bonds. The van der Waals surface area contributed by atoms with E-state index in [9.17, 15) is 0 Å². The van der Waals surface area contributed by atoms with Crippen LogP contribution in [0.1, 0.15) is 13.8 Å². The van der Waals surface area contributed by atoms with Crippen molar-refractivity contribution in [2.24, 2.45) is 11.6 Å². The lowest BCUT2D eigenvalue weighted by Gasteiger charge is -2.02. The first-order chi connectivity index (χ1) is 4.16. The molecule has 0 bridgehead atoms. The molecule has 0 aromatic carbocycles. The van der Waals surface area contributed by atoms with Gasteiger partial charge >= 0.3 is 0 Å². The molecule has 0 radical (unpaired) electrons. The van der Waals surface area contributed by atoms with Crippen molar-refractivity contribution in [2.75, 3.05) is 0 Å². The van der Waals surface area contributed by atoms with E-state index in [1.165, 1.54) is 0 Å². The largest absolute Gasteiger partial charge is 0.325 e. The van der Waals surface area contributed by atoms with E-state index in [0.717, 1.165) is 0 Å². The second-order valence-electron chi connectivity index (χ2n) is 2.20. The second-order valence-corrected chi connectivity index (χ2v) is 2.20. The first kappa shape index (κ1) is 8.62. The summed E-state index contributed by atoms with van der Waals surface area (Å²) in [5.74, 6) is 5.12. The van der Waals surface area contributed by atoms with Crippen LogP contribution in [0.4, 0.5) is 0 Å². The SMILES string of the molecule is CC(N)/C=C\C(C)NN. The number of hydrogen-bond donors (Lipinski definition) is 3. The van der Waals surface area contributed by atoms with Gasteiger partial charge in [-0.05, 0) is 13.8 Å². The Morgan fingerprint density at radius 2 is 1.89 bits per heavy atom. The summed E-state index contributed by atoms with van der Waals surface area (Å²) in [6, 6.07) is 0.316. The molecule has 0 aliphatic heterocycles. The van der Waals surface area contributed by atoms with E-state index in [4.69, 9.17) is 11.6 Å². The van der Waals surface area contributed by atoms with Crippen molar-refractivity contribution in [3.63, 3.8) is 0 Å². The van der Waals surface area contributed by atoms with Gasteiger partial charge in [0, 0.05) is 12.1 Å². The predicted octanol–water partition coefficient (Wildman–Crippen LogP) is -0.258. The van der Waals surface area contributed by atoms with Gasteiger partial charge in [-0.1, -0.05) is 12.2 Å². The highest BCUT2D eigenvalue weighted by molar-refractivity contribution is 4.94. The fourth-order valence-corrected chi connectivity index (χ4v) is 0.397. The molecular formula is C6H15N3. The molecule has 2 unspecified atom stereocenters. The van der Waals surface area contributed by atoms with Crippen LogP contribution in [0.5, 0.6) is 0 Å². The number of rotatable bonds is 3. The number of hydrogen-bond acceptors (Lipinski definition) is 3. The summed E-state index contributed by atoms with van der Waals surface area (Å²) in [7, 11) is 0. The molecule has 3 heteroatoms. The molecule has 0 aliphatic carbocycles. The highest BCUT2D eigenvalue weighted by atomic mass is 15.2. The summed E-state index contributed by atoms with van der Waals surface area (Å²) >= 11 is 0. The van der Waals surface area contributed by atoms with Gasteiger partial charge in [0.25, 0.3) is 0 Å². The molecule has 0 heterocycles. The van der Waals surface area contributed by atoms with Gasteiger partial charge in [0.1, 0.15) is 0 Å². The zero-order valence-electron chi connectivity index (χ0n) is 5.96. The van der Waals surface area contributed by atoms with Crippen LogP contribution in [-0.4, -0.2) is 12.1 Å². The van der Waals surface area contributed by atoms with E-state index in [-0.39, 0.29) is 12.1 Å². The number of hydrazine groups is 1. The van der Waals surface area contributed by atoms with Crippen molar-refractivity contribution in [3.05, 3.63) is 12.2 Å². The molecule has 0 aromatic rings. The van der Waals surface area contributed by atoms with Crippen LogP contribution >= 0.6 is 0 Å². The molecule has 54 valence electrons. The molecule has 0 rings (SSSR count). The molecule has 0 saturated heterocycles. The Balaban J connectivity index is 3.43. The van der Waals surface area contributed by atoms with Crippen molar-refractivity contribution in [3.8, 4) is 0 Å². The van der Waals surface area contributed by atoms with Crippen LogP contribution in [0.3, 0.4) is 0 Å². The average Bonchev–Trinajstić information content (AvgIpc) is 1.83. The zero-order valence-corrected chi connectivity index (χ0v) is 5.96. The summed E-state index contributed by atoms with van der Waals surface area (Å²) in [4.78, 5) is 0. The minimum Gasteiger partial charge on any atom is -0.325 e. The molecule has 3 nitrogen and oxygen atoms in total. The highest BCUT2D eigenvalue weighted by Gasteiger charge is 1.89. The van der Waals surface area contributed by atoms with E-state index in [1.54, 1.807) is 0 Å². The zero-order chi connectivity index (χ0) is 7.28. The van der Waals surface area contributed by atoms with Crippen LogP contribution in [0.15, 0.2) is 12.2 Å². The minimum absolute atomic E-state index is 0.112.